The first-order valence-corrected chi connectivity index (χ1v) is 11.9. The van der Waals surface area contributed by atoms with Crippen molar-refractivity contribution < 1.29 is 34.2 Å². The Morgan fingerprint density at radius 2 is 1.13 bits per heavy atom. The van der Waals surface area contributed by atoms with Crippen LogP contribution in [0.4, 0.5) is 0 Å². The Morgan fingerprint density at radius 1 is 0.677 bits per heavy atom. The van der Waals surface area contributed by atoms with Crippen molar-refractivity contribution in [1.82, 2.24) is 0 Å². The molecule has 180 valence electrons. The fourth-order valence-electron chi connectivity index (χ4n) is 4.06. The Bertz CT molecular complexity index is 482. The van der Waals surface area contributed by atoms with E-state index in [1.807, 2.05) is 0 Å². The van der Waals surface area contributed by atoms with Gasteiger partial charge in [0.05, 0.1) is 39.0 Å². The van der Waals surface area contributed by atoms with E-state index >= 15 is 0 Å². The molecule has 0 aromatic carbocycles. The molecule has 7 heteroatoms. The van der Waals surface area contributed by atoms with Gasteiger partial charge < -0.3 is 24.6 Å². The maximum Gasteiger partial charge on any atom is 0.303 e. The van der Waals surface area contributed by atoms with E-state index in [9.17, 15) is 19.5 Å². The predicted molar refractivity (Wildman–Crippen MR) is 119 cm³/mol. The van der Waals surface area contributed by atoms with Crippen molar-refractivity contribution in [1.29, 1.82) is 0 Å². The molecule has 0 amide bonds. The van der Waals surface area contributed by atoms with Crippen molar-refractivity contribution in [2.75, 3.05) is 26.2 Å². The highest BCUT2D eigenvalue weighted by Crippen LogP contribution is 2.18. The molecular formula is C24H43NO6. The van der Waals surface area contributed by atoms with Crippen LogP contribution in [0.15, 0.2) is 12.2 Å². The van der Waals surface area contributed by atoms with Crippen molar-refractivity contribution >= 4 is 17.9 Å². The fraction of sp³-hybridized carbons (Fsp3) is 0.792. The van der Waals surface area contributed by atoms with E-state index in [2.05, 4.69) is 19.1 Å². The minimum Gasteiger partial charge on any atom is -0.550 e. The number of allylic oxidation sites excluding steroid dienone is 2. The Balaban J connectivity index is 4.65. The highest BCUT2D eigenvalue weighted by atomic mass is 16.4. The van der Waals surface area contributed by atoms with Gasteiger partial charge >= 0.3 is 11.9 Å². The average molecular weight is 442 g/mol. The van der Waals surface area contributed by atoms with Gasteiger partial charge in [0.1, 0.15) is 0 Å². The smallest absolute Gasteiger partial charge is 0.303 e. The molecule has 0 aromatic heterocycles. The summed E-state index contributed by atoms with van der Waals surface area (Å²) in [6.07, 6.45) is 15.1. The number of hydrogen-bond donors (Lipinski definition) is 2. The molecule has 0 atom stereocenters. The van der Waals surface area contributed by atoms with Gasteiger partial charge in [-0.15, -0.1) is 0 Å². The first-order chi connectivity index (χ1) is 14.8. The summed E-state index contributed by atoms with van der Waals surface area (Å²) < 4.78 is 0.607. The predicted octanol–water partition coefficient (Wildman–Crippen LogP) is 3.76. The third kappa shape index (κ3) is 18.6. The van der Waals surface area contributed by atoms with Crippen molar-refractivity contribution in [2.24, 2.45) is 0 Å². The lowest BCUT2D eigenvalue weighted by molar-refractivity contribution is -0.929. The number of hydrogen-bond acceptors (Lipinski definition) is 4. The molecule has 0 fully saturated rings. The van der Waals surface area contributed by atoms with Crippen LogP contribution in [0, 0.1) is 0 Å². The van der Waals surface area contributed by atoms with Gasteiger partial charge in [-0.1, -0.05) is 38.3 Å². The van der Waals surface area contributed by atoms with Crippen LogP contribution in [-0.4, -0.2) is 58.8 Å². The topological polar surface area (TPSA) is 115 Å². The van der Waals surface area contributed by atoms with Gasteiger partial charge in [0.15, 0.2) is 0 Å². The molecule has 0 radical (unpaired) electrons. The Labute approximate surface area is 187 Å². The van der Waals surface area contributed by atoms with E-state index in [0.717, 1.165) is 38.6 Å². The third-order valence-corrected chi connectivity index (χ3v) is 5.72. The van der Waals surface area contributed by atoms with Gasteiger partial charge in [-0.05, 0) is 38.5 Å². The second kappa shape index (κ2) is 18.8. The van der Waals surface area contributed by atoms with Crippen molar-refractivity contribution in [3.63, 3.8) is 0 Å². The monoisotopic (exact) mass is 441 g/mol. The molecule has 7 nitrogen and oxygen atoms in total. The summed E-state index contributed by atoms with van der Waals surface area (Å²) in [4.78, 5) is 32.8. The second-order valence-electron chi connectivity index (χ2n) is 8.50. The van der Waals surface area contributed by atoms with Gasteiger partial charge in [-0.25, -0.2) is 0 Å². The highest BCUT2D eigenvalue weighted by molar-refractivity contribution is 5.66. The third-order valence-electron chi connectivity index (χ3n) is 5.72. The molecular weight excluding hydrogens is 398 g/mol. The number of aliphatic carboxylic acids is 3. The summed E-state index contributed by atoms with van der Waals surface area (Å²) in [5, 5.41) is 28.9. The van der Waals surface area contributed by atoms with Crippen LogP contribution in [0.5, 0.6) is 0 Å². The number of carbonyl (C=O) groups is 3. The van der Waals surface area contributed by atoms with E-state index in [1.54, 1.807) is 0 Å². The summed E-state index contributed by atoms with van der Waals surface area (Å²) in [7, 11) is 0. The number of carbonyl (C=O) groups excluding carboxylic acids is 1. The van der Waals surface area contributed by atoms with Gasteiger partial charge in [-0.2, -0.15) is 0 Å². The lowest BCUT2D eigenvalue weighted by atomic mass is 10.1. The molecule has 0 bridgehead atoms. The molecule has 0 saturated carbocycles. The lowest BCUT2D eigenvalue weighted by Crippen LogP contribution is -2.51. The largest absolute Gasteiger partial charge is 0.550 e. The summed E-state index contributed by atoms with van der Waals surface area (Å²) in [5.74, 6) is -2.76. The quantitative estimate of drug-likeness (QED) is 0.150. The van der Waals surface area contributed by atoms with Crippen molar-refractivity contribution in [3.05, 3.63) is 12.2 Å². The number of quaternary nitrogens is 1. The van der Waals surface area contributed by atoms with E-state index in [0.29, 0.717) is 43.4 Å². The van der Waals surface area contributed by atoms with E-state index in [1.165, 1.54) is 19.3 Å². The average Bonchev–Trinajstić information content (AvgIpc) is 2.68. The van der Waals surface area contributed by atoms with Crippen LogP contribution in [0.3, 0.4) is 0 Å². The minimum atomic E-state index is -1.08. The van der Waals surface area contributed by atoms with Crippen LogP contribution in [0.2, 0.25) is 0 Å². The van der Waals surface area contributed by atoms with Gasteiger partial charge in [0.25, 0.3) is 0 Å². The number of carboxylic acids is 3. The first-order valence-electron chi connectivity index (χ1n) is 11.9. The van der Waals surface area contributed by atoms with Crippen LogP contribution in [0.1, 0.15) is 96.8 Å². The van der Waals surface area contributed by atoms with Gasteiger partial charge in [0, 0.05) is 25.2 Å². The highest BCUT2D eigenvalue weighted by Gasteiger charge is 2.26. The van der Waals surface area contributed by atoms with Crippen LogP contribution < -0.4 is 5.11 Å². The molecule has 0 aromatic rings. The SMILES string of the molecule is CC/C=C/CCCCCCCC[N+](CCCC(=O)[O-])(CCCC(=O)O)CCCC(=O)O. The second-order valence-corrected chi connectivity index (χ2v) is 8.50. The molecule has 0 aliphatic heterocycles. The zero-order chi connectivity index (χ0) is 23.4. The summed E-state index contributed by atoms with van der Waals surface area (Å²) in [5.41, 5.74) is 0. The minimum absolute atomic E-state index is 0.0235. The Hall–Kier alpha value is -1.89. The number of nitrogens with zero attached hydrogens (tertiary/aromatic N) is 1. The number of rotatable bonds is 22. The maximum absolute atomic E-state index is 11.0. The zero-order valence-corrected chi connectivity index (χ0v) is 19.4. The van der Waals surface area contributed by atoms with E-state index in [4.69, 9.17) is 10.2 Å². The molecule has 31 heavy (non-hydrogen) atoms. The zero-order valence-electron chi connectivity index (χ0n) is 19.4. The van der Waals surface area contributed by atoms with Crippen molar-refractivity contribution in [3.8, 4) is 0 Å². The van der Waals surface area contributed by atoms with E-state index < -0.39 is 17.9 Å². The Kier molecular flexibility index (Phi) is 17.7. The molecule has 0 saturated heterocycles. The normalized spacial score (nSPS) is 11.8. The first kappa shape index (κ1) is 29.1. The summed E-state index contributed by atoms with van der Waals surface area (Å²) >= 11 is 0. The lowest BCUT2D eigenvalue weighted by Gasteiger charge is -2.39. The molecule has 0 aliphatic rings. The Morgan fingerprint density at radius 3 is 1.61 bits per heavy atom. The number of carboxylic acid groups (broad SMARTS) is 3. The van der Waals surface area contributed by atoms with Crippen molar-refractivity contribution in [2.45, 2.75) is 96.8 Å². The van der Waals surface area contributed by atoms with Crippen LogP contribution in [0.25, 0.3) is 0 Å². The standard InChI is InChI=1S/C24H43NO6/c1-2-3-4-5-6-7-8-9-10-11-18-25(19-12-15-22(26)27,20-13-16-23(28)29)21-14-17-24(30)31/h3-4H,2,5-21H2,1H3,(H2-,26,27,28,29,30,31)/b4-3+. The molecule has 0 heterocycles. The summed E-state index contributed by atoms with van der Waals surface area (Å²) in [6, 6.07) is 0. The van der Waals surface area contributed by atoms with Crippen LogP contribution in [-0.2, 0) is 14.4 Å². The molecule has 0 unspecified atom stereocenters. The summed E-state index contributed by atoms with van der Waals surface area (Å²) in [6.45, 7) is 4.88. The fourth-order valence-corrected chi connectivity index (χ4v) is 4.06. The number of unbranched alkanes of at least 4 members (excludes halogenated alkanes) is 6. The molecule has 0 aliphatic carbocycles. The maximum atomic E-state index is 11.0. The molecule has 0 rings (SSSR count). The van der Waals surface area contributed by atoms with Gasteiger partial charge in [0.2, 0.25) is 0 Å². The van der Waals surface area contributed by atoms with Crippen LogP contribution >= 0.6 is 0 Å². The molecule has 0 spiro atoms. The van der Waals surface area contributed by atoms with Gasteiger partial charge in [-0.3, -0.25) is 9.59 Å². The van der Waals surface area contributed by atoms with E-state index in [-0.39, 0.29) is 19.3 Å². The molecule has 2 N–H and O–H groups in total.